The van der Waals surface area contributed by atoms with Crippen LogP contribution in [0.25, 0.3) is 22.6 Å². The van der Waals surface area contributed by atoms with Crippen LogP contribution in [0.1, 0.15) is 109 Å². The summed E-state index contributed by atoms with van der Waals surface area (Å²) < 4.78 is 6.14. The summed E-state index contributed by atoms with van der Waals surface area (Å²) >= 11 is 0. The van der Waals surface area contributed by atoms with Gasteiger partial charge in [-0.25, -0.2) is 9.97 Å². The van der Waals surface area contributed by atoms with E-state index >= 15 is 0 Å². The third-order valence-electron chi connectivity index (χ3n) is 8.15. The van der Waals surface area contributed by atoms with E-state index in [4.69, 9.17) is 9.72 Å². The van der Waals surface area contributed by atoms with Crippen molar-refractivity contribution in [3.8, 4) is 28.4 Å². The summed E-state index contributed by atoms with van der Waals surface area (Å²) in [6, 6.07) is 19.1. The molecule has 1 aliphatic carbocycles. The van der Waals surface area contributed by atoms with Gasteiger partial charge in [0, 0.05) is 17.3 Å². The number of aryl methyl sites for hydroxylation is 1. The third kappa shape index (κ3) is 8.96. The molecule has 3 nitrogen and oxygen atoms in total. The number of rotatable bonds is 16. The zero-order chi connectivity index (χ0) is 26.4. The predicted octanol–water partition coefficient (Wildman–Crippen LogP) is 10.2. The lowest BCUT2D eigenvalue weighted by Gasteiger charge is -2.15. The Morgan fingerprint density at radius 2 is 1.61 bits per heavy atom. The number of nitrogens with zero attached hydrogens (tertiary/aromatic N) is 2. The van der Waals surface area contributed by atoms with Crippen molar-refractivity contribution >= 4 is 0 Å². The van der Waals surface area contributed by atoms with Crippen LogP contribution in [0.2, 0.25) is 0 Å². The van der Waals surface area contributed by atoms with Crippen molar-refractivity contribution < 1.29 is 4.74 Å². The molecule has 3 aromatic rings. The third-order valence-corrected chi connectivity index (χ3v) is 8.15. The van der Waals surface area contributed by atoms with Crippen LogP contribution in [0.3, 0.4) is 0 Å². The summed E-state index contributed by atoms with van der Waals surface area (Å²) in [7, 11) is 0. The van der Waals surface area contributed by atoms with Gasteiger partial charge in [-0.1, -0.05) is 102 Å². The lowest BCUT2D eigenvalue weighted by atomic mass is 9.96. The van der Waals surface area contributed by atoms with E-state index in [0.717, 1.165) is 41.6 Å². The summed E-state index contributed by atoms with van der Waals surface area (Å²) in [5, 5.41) is 0. The molecule has 0 amide bonds. The average molecular weight is 513 g/mol. The van der Waals surface area contributed by atoms with Crippen molar-refractivity contribution in [3.05, 3.63) is 66.4 Å². The van der Waals surface area contributed by atoms with Crippen LogP contribution in [-0.2, 0) is 6.42 Å². The van der Waals surface area contributed by atoms with Gasteiger partial charge in [0.2, 0.25) is 0 Å². The van der Waals surface area contributed by atoms with Gasteiger partial charge in [-0.3, -0.25) is 0 Å². The first kappa shape index (κ1) is 28.3. The molecule has 0 N–H and O–H groups in total. The van der Waals surface area contributed by atoms with Crippen molar-refractivity contribution in [1.29, 1.82) is 0 Å². The van der Waals surface area contributed by atoms with Crippen molar-refractivity contribution in [2.75, 3.05) is 0 Å². The molecule has 0 saturated heterocycles. The van der Waals surface area contributed by atoms with Gasteiger partial charge in [0.05, 0.1) is 11.8 Å². The maximum absolute atomic E-state index is 6.14. The lowest BCUT2D eigenvalue weighted by molar-refractivity contribution is 0.206. The molecule has 0 aliphatic heterocycles. The first-order valence-electron chi connectivity index (χ1n) is 15.4. The highest BCUT2D eigenvalue weighted by atomic mass is 16.5. The Kier molecular flexibility index (Phi) is 11.7. The summed E-state index contributed by atoms with van der Waals surface area (Å²) in [6.45, 7) is 4.42. The van der Waals surface area contributed by atoms with Gasteiger partial charge in [0.15, 0.2) is 5.82 Å². The molecule has 0 spiro atoms. The van der Waals surface area contributed by atoms with Crippen LogP contribution in [0.4, 0.5) is 0 Å². The molecular formula is C35H48N2O. The van der Waals surface area contributed by atoms with E-state index < -0.39 is 0 Å². The van der Waals surface area contributed by atoms with E-state index in [0.29, 0.717) is 0 Å². The largest absolute Gasteiger partial charge is 0.491 e. The Morgan fingerprint density at radius 3 is 2.42 bits per heavy atom. The van der Waals surface area contributed by atoms with Crippen molar-refractivity contribution in [2.24, 2.45) is 5.92 Å². The Labute approximate surface area is 231 Å². The monoisotopic (exact) mass is 512 g/mol. The SMILES string of the molecule is CCCCCCC(C)Oc1ccc(-c2nccc(-c3ccccc3CCCCCCC3CCCC3)n2)cc1. The molecule has 1 heterocycles. The Balaban J connectivity index is 1.31. The Hall–Kier alpha value is -2.68. The van der Waals surface area contributed by atoms with Crippen LogP contribution in [-0.4, -0.2) is 16.1 Å². The van der Waals surface area contributed by atoms with Crippen molar-refractivity contribution in [1.82, 2.24) is 9.97 Å². The zero-order valence-electron chi connectivity index (χ0n) is 23.8. The Morgan fingerprint density at radius 1 is 0.842 bits per heavy atom. The molecule has 1 aromatic heterocycles. The molecular weight excluding hydrogens is 464 g/mol. The molecule has 1 saturated carbocycles. The second-order valence-corrected chi connectivity index (χ2v) is 11.3. The summed E-state index contributed by atoms with van der Waals surface area (Å²) in [5.74, 6) is 2.71. The molecule has 38 heavy (non-hydrogen) atoms. The first-order chi connectivity index (χ1) is 18.7. The van der Waals surface area contributed by atoms with Crippen LogP contribution >= 0.6 is 0 Å². The fourth-order valence-electron chi connectivity index (χ4n) is 5.87. The van der Waals surface area contributed by atoms with Gasteiger partial charge >= 0.3 is 0 Å². The van der Waals surface area contributed by atoms with Crippen molar-refractivity contribution in [2.45, 2.75) is 116 Å². The highest BCUT2D eigenvalue weighted by molar-refractivity contribution is 5.66. The van der Waals surface area contributed by atoms with Crippen LogP contribution in [0.5, 0.6) is 5.75 Å². The van der Waals surface area contributed by atoms with Gasteiger partial charge in [0.1, 0.15) is 5.75 Å². The number of ether oxygens (including phenoxy) is 1. The topological polar surface area (TPSA) is 35.0 Å². The number of benzene rings is 2. The number of hydrogen-bond donors (Lipinski definition) is 0. The number of unbranched alkanes of at least 4 members (excludes halogenated alkanes) is 6. The molecule has 0 bridgehead atoms. The quantitative estimate of drug-likeness (QED) is 0.179. The predicted molar refractivity (Wildman–Crippen MR) is 160 cm³/mol. The minimum atomic E-state index is 0.237. The normalized spacial score (nSPS) is 14.6. The highest BCUT2D eigenvalue weighted by Gasteiger charge is 2.14. The van der Waals surface area contributed by atoms with E-state index in [9.17, 15) is 0 Å². The summed E-state index contributed by atoms with van der Waals surface area (Å²) in [6.07, 6.45) is 22.1. The standard InChI is InChI=1S/C35H48N2O/c1-3-4-5-8-15-28(2)38-32-24-22-31(23-25-32)35-36-27-26-34(37-35)33-21-14-13-20-30(33)19-10-7-6-9-16-29-17-11-12-18-29/h13-14,20-29H,3-12,15-19H2,1-2H3. The van der Waals surface area contributed by atoms with Gasteiger partial charge in [0.25, 0.3) is 0 Å². The van der Waals surface area contributed by atoms with Crippen LogP contribution < -0.4 is 4.74 Å². The van der Waals surface area contributed by atoms with E-state index in [-0.39, 0.29) is 6.10 Å². The second-order valence-electron chi connectivity index (χ2n) is 11.3. The molecule has 1 unspecified atom stereocenters. The fourth-order valence-corrected chi connectivity index (χ4v) is 5.87. The number of hydrogen-bond acceptors (Lipinski definition) is 3. The minimum Gasteiger partial charge on any atom is -0.491 e. The smallest absolute Gasteiger partial charge is 0.159 e. The van der Waals surface area contributed by atoms with E-state index in [1.165, 1.54) is 94.6 Å². The van der Waals surface area contributed by atoms with Crippen LogP contribution in [0, 0.1) is 5.92 Å². The summed E-state index contributed by atoms with van der Waals surface area (Å²) in [4.78, 5) is 9.56. The molecule has 1 atom stereocenters. The first-order valence-corrected chi connectivity index (χ1v) is 15.4. The molecule has 1 fully saturated rings. The molecule has 4 rings (SSSR count). The molecule has 2 aromatic carbocycles. The summed E-state index contributed by atoms with van der Waals surface area (Å²) in [5.41, 5.74) is 4.66. The highest BCUT2D eigenvalue weighted by Crippen LogP contribution is 2.30. The fraction of sp³-hybridized carbons (Fsp3) is 0.543. The maximum atomic E-state index is 6.14. The number of aromatic nitrogens is 2. The second kappa shape index (κ2) is 15.7. The maximum Gasteiger partial charge on any atom is 0.159 e. The average Bonchev–Trinajstić information content (AvgIpc) is 3.47. The van der Waals surface area contributed by atoms with Gasteiger partial charge in [-0.15, -0.1) is 0 Å². The van der Waals surface area contributed by atoms with E-state index in [2.05, 4.69) is 67.4 Å². The van der Waals surface area contributed by atoms with Gasteiger partial charge in [-0.2, -0.15) is 0 Å². The van der Waals surface area contributed by atoms with Gasteiger partial charge < -0.3 is 4.74 Å². The van der Waals surface area contributed by atoms with Crippen LogP contribution in [0.15, 0.2) is 60.8 Å². The molecule has 1 aliphatic rings. The van der Waals surface area contributed by atoms with E-state index in [1.54, 1.807) is 0 Å². The van der Waals surface area contributed by atoms with E-state index in [1.807, 2.05) is 12.3 Å². The Bertz CT molecular complexity index is 1070. The van der Waals surface area contributed by atoms with Gasteiger partial charge in [-0.05, 0) is 74.4 Å². The van der Waals surface area contributed by atoms with Crippen molar-refractivity contribution in [3.63, 3.8) is 0 Å². The molecule has 3 heteroatoms. The lowest BCUT2D eigenvalue weighted by Crippen LogP contribution is -2.11. The molecule has 204 valence electrons. The zero-order valence-corrected chi connectivity index (χ0v) is 23.8. The minimum absolute atomic E-state index is 0.237. The molecule has 0 radical (unpaired) electrons.